The summed E-state index contributed by atoms with van der Waals surface area (Å²) in [5.74, 6) is -2.77. The Morgan fingerprint density at radius 1 is 1.30 bits per heavy atom. The van der Waals surface area contributed by atoms with Crippen molar-refractivity contribution in [1.82, 2.24) is 0 Å². The molecule has 1 aliphatic heterocycles. The Kier molecular flexibility index (Phi) is 5.30. The normalized spacial score (nSPS) is 22.8. The minimum absolute atomic E-state index is 0.0359. The molecule has 0 aromatic rings. The van der Waals surface area contributed by atoms with E-state index in [4.69, 9.17) is 10.2 Å². The van der Waals surface area contributed by atoms with Crippen LogP contribution in [-0.2, 0) is 24.4 Å². The smallest absolute Gasteiger partial charge is 0.331 e. The molecule has 1 unspecified atom stereocenters. The average molecular weight is 343 g/mol. The van der Waals surface area contributed by atoms with Gasteiger partial charge in [0.25, 0.3) is 15.9 Å². The summed E-state index contributed by atoms with van der Waals surface area (Å²) >= 11 is 0. The summed E-state index contributed by atoms with van der Waals surface area (Å²) in [5.41, 5.74) is -0.949. The number of azo groups is 1. The number of nitrogens with two attached hydrogens (primary N) is 1. The van der Waals surface area contributed by atoms with Gasteiger partial charge < -0.3 is 10.2 Å². The number of primary sulfonamides is 1. The summed E-state index contributed by atoms with van der Waals surface area (Å²) in [6, 6.07) is 0. The van der Waals surface area contributed by atoms with Crippen LogP contribution in [0.15, 0.2) is 45.1 Å². The van der Waals surface area contributed by atoms with Gasteiger partial charge in [-0.05, 0) is 13.3 Å². The highest BCUT2D eigenvalue weighted by Crippen LogP contribution is 2.31. The van der Waals surface area contributed by atoms with E-state index in [-0.39, 0.29) is 12.0 Å². The average Bonchev–Trinajstić information content (AvgIpc) is 2.86. The third-order valence-corrected chi connectivity index (χ3v) is 3.65. The van der Waals surface area contributed by atoms with Gasteiger partial charge in [0.2, 0.25) is 0 Å². The maximum Gasteiger partial charge on any atom is 0.331 e. The fourth-order valence-corrected chi connectivity index (χ4v) is 2.00. The Hall–Kier alpha value is -2.66. The number of sulfonamides is 1. The van der Waals surface area contributed by atoms with Crippen LogP contribution in [0.5, 0.6) is 0 Å². The molecular weight excluding hydrogens is 330 g/mol. The molecule has 4 N–H and O–H groups in total. The number of allylic oxidation sites excluding steroid dienone is 2. The molecule has 0 fully saturated rings. The van der Waals surface area contributed by atoms with E-state index in [0.717, 1.165) is 6.08 Å². The Bertz CT molecular complexity index is 776. The SMILES string of the molecule is CC1(C(=O)O)C=CC=C(C(=O)O)C1.NS(=O)(=O)C1=CC(=O)N=N1. The molecule has 1 amide bonds. The second-order valence-electron chi connectivity index (χ2n) is 4.82. The van der Waals surface area contributed by atoms with Crippen molar-refractivity contribution >= 4 is 27.9 Å². The predicted molar refractivity (Wildman–Crippen MR) is 76.3 cm³/mol. The molecule has 0 aromatic heterocycles. The van der Waals surface area contributed by atoms with Gasteiger partial charge in [-0.25, -0.2) is 18.4 Å². The molecule has 0 bridgehead atoms. The molecule has 124 valence electrons. The van der Waals surface area contributed by atoms with E-state index in [1.165, 1.54) is 25.2 Å². The largest absolute Gasteiger partial charge is 0.481 e. The number of carbonyl (C=O) groups excluding carboxylic acids is 1. The van der Waals surface area contributed by atoms with Crippen LogP contribution in [0.1, 0.15) is 13.3 Å². The zero-order valence-electron chi connectivity index (χ0n) is 11.8. The zero-order valence-corrected chi connectivity index (χ0v) is 12.6. The number of hydrogen-bond acceptors (Lipinski definition) is 6. The lowest BCUT2D eigenvalue weighted by Crippen LogP contribution is -2.28. The van der Waals surface area contributed by atoms with E-state index in [0.29, 0.717) is 0 Å². The molecule has 0 aromatic carbocycles. The van der Waals surface area contributed by atoms with E-state index in [1.54, 1.807) is 0 Å². The van der Waals surface area contributed by atoms with Crippen molar-refractivity contribution in [3.05, 3.63) is 34.9 Å². The number of carbonyl (C=O) groups is 3. The molecule has 1 atom stereocenters. The van der Waals surface area contributed by atoms with Crippen LogP contribution in [0.3, 0.4) is 0 Å². The summed E-state index contributed by atoms with van der Waals surface area (Å²) in [7, 11) is -3.86. The first-order chi connectivity index (χ1) is 10.5. The van der Waals surface area contributed by atoms with E-state index >= 15 is 0 Å². The highest BCUT2D eigenvalue weighted by atomic mass is 32.2. The standard InChI is InChI=1S/C9H10O4.C3H3N3O3S/c1-9(8(12)13)4-2-3-6(5-9)7(10)11;4-10(8,9)3-1-2(7)5-6-3/h2-4H,5H2,1H3,(H,10,11)(H,12,13);1H,(H2,4,8,9). The molecule has 2 rings (SSSR count). The van der Waals surface area contributed by atoms with Crippen molar-refractivity contribution in [1.29, 1.82) is 0 Å². The van der Waals surface area contributed by atoms with Crippen LogP contribution < -0.4 is 5.14 Å². The number of aliphatic carboxylic acids is 2. The van der Waals surface area contributed by atoms with E-state index in [9.17, 15) is 22.8 Å². The number of carboxylic acids is 2. The summed E-state index contributed by atoms with van der Waals surface area (Å²) in [6.45, 7) is 1.50. The minimum atomic E-state index is -3.86. The Morgan fingerprint density at radius 3 is 2.26 bits per heavy atom. The molecule has 0 saturated heterocycles. The molecule has 10 nitrogen and oxygen atoms in total. The van der Waals surface area contributed by atoms with E-state index < -0.39 is 38.3 Å². The van der Waals surface area contributed by atoms with Gasteiger partial charge in [-0.15, -0.1) is 10.2 Å². The lowest BCUT2D eigenvalue weighted by molar-refractivity contribution is -0.145. The maximum atomic E-state index is 10.8. The molecular formula is C12H13N3O7S. The fraction of sp³-hybridized carbons (Fsp3) is 0.250. The molecule has 0 spiro atoms. The van der Waals surface area contributed by atoms with Crippen LogP contribution in [0.2, 0.25) is 0 Å². The van der Waals surface area contributed by atoms with Gasteiger partial charge in [0, 0.05) is 11.6 Å². The van der Waals surface area contributed by atoms with Crippen molar-refractivity contribution in [3.63, 3.8) is 0 Å². The van der Waals surface area contributed by atoms with Gasteiger partial charge in [0.15, 0.2) is 5.03 Å². The number of rotatable bonds is 3. The van der Waals surface area contributed by atoms with Crippen molar-refractivity contribution in [3.8, 4) is 0 Å². The van der Waals surface area contributed by atoms with Crippen molar-refractivity contribution in [2.45, 2.75) is 13.3 Å². The topological polar surface area (TPSA) is 177 Å². The maximum absolute atomic E-state index is 10.8. The number of amides is 1. The summed E-state index contributed by atoms with van der Waals surface area (Å²) < 4.78 is 20.8. The highest BCUT2D eigenvalue weighted by molar-refractivity contribution is 7.93. The molecule has 1 heterocycles. The van der Waals surface area contributed by atoms with Crippen molar-refractivity contribution in [2.24, 2.45) is 20.8 Å². The van der Waals surface area contributed by atoms with Crippen molar-refractivity contribution in [2.75, 3.05) is 0 Å². The Labute approximate surface area is 130 Å². The quantitative estimate of drug-likeness (QED) is 0.653. The monoisotopic (exact) mass is 343 g/mol. The van der Waals surface area contributed by atoms with Crippen LogP contribution in [0.25, 0.3) is 0 Å². The first kappa shape index (κ1) is 18.4. The molecule has 0 radical (unpaired) electrons. The highest BCUT2D eigenvalue weighted by Gasteiger charge is 2.34. The van der Waals surface area contributed by atoms with Gasteiger partial charge in [0.05, 0.1) is 5.41 Å². The van der Waals surface area contributed by atoms with Crippen molar-refractivity contribution < 1.29 is 33.0 Å². The zero-order chi connectivity index (χ0) is 17.8. The summed E-state index contributed by atoms with van der Waals surface area (Å²) in [4.78, 5) is 31.6. The van der Waals surface area contributed by atoms with E-state index in [1.807, 2.05) is 0 Å². The van der Waals surface area contributed by atoms with Crippen LogP contribution >= 0.6 is 0 Å². The van der Waals surface area contributed by atoms with Gasteiger partial charge >= 0.3 is 11.9 Å². The molecule has 23 heavy (non-hydrogen) atoms. The second-order valence-corrected chi connectivity index (χ2v) is 6.33. The van der Waals surface area contributed by atoms with Crippen LogP contribution in [-0.4, -0.2) is 36.5 Å². The Balaban J connectivity index is 0.000000238. The van der Waals surface area contributed by atoms with Gasteiger partial charge in [0.1, 0.15) is 0 Å². The predicted octanol–water partition coefficient (Wildman–Crippen LogP) is 0.157. The van der Waals surface area contributed by atoms with Gasteiger partial charge in [-0.3, -0.25) is 9.59 Å². The molecule has 1 aliphatic carbocycles. The number of hydrogen-bond donors (Lipinski definition) is 3. The molecule has 11 heteroatoms. The van der Waals surface area contributed by atoms with Crippen LogP contribution in [0, 0.1) is 5.41 Å². The fourth-order valence-electron chi connectivity index (χ4n) is 1.58. The second kappa shape index (κ2) is 6.62. The Morgan fingerprint density at radius 2 is 1.91 bits per heavy atom. The lowest BCUT2D eigenvalue weighted by Gasteiger charge is -2.23. The first-order valence-corrected chi connectivity index (χ1v) is 7.55. The van der Waals surface area contributed by atoms with E-state index in [2.05, 4.69) is 15.4 Å². The molecule has 2 aliphatic rings. The summed E-state index contributed by atoms with van der Waals surface area (Å²) in [6.07, 6.45) is 5.19. The molecule has 0 saturated carbocycles. The first-order valence-electron chi connectivity index (χ1n) is 6.01. The number of nitrogens with zero attached hydrogens (tertiary/aromatic N) is 2. The van der Waals surface area contributed by atoms with Gasteiger partial charge in [-0.1, -0.05) is 18.2 Å². The van der Waals surface area contributed by atoms with Gasteiger partial charge in [-0.2, -0.15) is 0 Å². The van der Waals surface area contributed by atoms with Crippen LogP contribution in [0.4, 0.5) is 0 Å². The number of carboxylic acid groups (broad SMARTS) is 2. The minimum Gasteiger partial charge on any atom is -0.481 e. The third-order valence-electron chi connectivity index (χ3n) is 2.87. The third kappa shape index (κ3) is 4.93. The lowest BCUT2D eigenvalue weighted by atomic mass is 9.80. The summed E-state index contributed by atoms with van der Waals surface area (Å²) in [5, 5.41) is 27.5.